The van der Waals surface area contributed by atoms with E-state index in [0.29, 0.717) is 22.7 Å². The average Bonchev–Trinajstić information content (AvgIpc) is 3.13. The largest absolute Gasteiger partial charge is 0.497 e. The highest BCUT2D eigenvalue weighted by Crippen LogP contribution is 2.27. The number of carbonyl (C=O) groups is 1. The second-order valence-electron chi connectivity index (χ2n) is 7.78. The number of aromatic nitrogens is 2. The van der Waals surface area contributed by atoms with E-state index in [-0.39, 0.29) is 5.91 Å². The zero-order valence-electron chi connectivity index (χ0n) is 18.5. The minimum Gasteiger partial charge on any atom is -0.497 e. The molecule has 2 aromatic carbocycles. The normalized spacial score (nSPS) is 13.9. The smallest absolute Gasteiger partial charge is 0.259 e. The van der Waals surface area contributed by atoms with Crippen molar-refractivity contribution in [1.29, 1.82) is 0 Å². The van der Waals surface area contributed by atoms with Gasteiger partial charge in [-0.05, 0) is 49.2 Å². The molecule has 0 spiro atoms. The van der Waals surface area contributed by atoms with Crippen LogP contribution in [0.15, 0.2) is 54.6 Å². The molecule has 0 bridgehead atoms. The van der Waals surface area contributed by atoms with Crippen LogP contribution < -0.4 is 19.7 Å². The highest BCUT2D eigenvalue weighted by Gasteiger charge is 2.15. The molecule has 4 rings (SSSR count). The zero-order valence-corrected chi connectivity index (χ0v) is 18.5. The van der Waals surface area contributed by atoms with Crippen LogP contribution in [-0.4, -0.2) is 43.4 Å². The van der Waals surface area contributed by atoms with Gasteiger partial charge in [0.15, 0.2) is 5.82 Å². The summed E-state index contributed by atoms with van der Waals surface area (Å²) in [4.78, 5) is 15.1. The molecule has 1 aliphatic rings. The van der Waals surface area contributed by atoms with Gasteiger partial charge < -0.3 is 19.7 Å². The molecule has 1 N–H and O–H groups in total. The fourth-order valence-corrected chi connectivity index (χ4v) is 3.89. The van der Waals surface area contributed by atoms with Crippen LogP contribution in [0.1, 0.15) is 36.0 Å². The van der Waals surface area contributed by atoms with Crippen LogP contribution in [0.2, 0.25) is 0 Å². The molecule has 1 aliphatic heterocycles. The third-order valence-electron chi connectivity index (χ3n) is 5.65. The topological polar surface area (TPSA) is 76.6 Å². The fraction of sp³-hybridized carbons (Fsp3) is 0.320. The Kier molecular flexibility index (Phi) is 6.84. The lowest BCUT2D eigenvalue weighted by atomic mass is 10.1. The van der Waals surface area contributed by atoms with Gasteiger partial charge in [-0.2, -0.15) is 0 Å². The number of benzene rings is 2. The number of nitrogens with one attached hydrogen (secondary N) is 1. The number of amides is 1. The second-order valence-corrected chi connectivity index (χ2v) is 7.78. The molecule has 0 unspecified atom stereocenters. The first-order valence-electron chi connectivity index (χ1n) is 10.9. The Labute approximate surface area is 188 Å². The number of nitrogens with zero attached hydrogens (tertiary/aromatic N) is 3. The van der Waals surface area contributed by atoms with Crippen molar-refractivity contribution in [1.82, 2.24) is 10.2 Å². The van der Waals surface area contributed by atoms with Crippen LogP contribution in [0, 0.1) is 0 Å². The molecule has 2 heterocycles. The van der Waals surface area contributed by atoms with Crippen molar-refractivity contribution in [3.05, 3.63) is 60.2 Å². The first-order valence-corrected chi connectivity index (χ1v) is 10.9. The standard InChI is InChI=1S/C25H28N4O3/c1-31-20-10-11-21(23(17-20)32-2)25(30)26-19-9-7-8-18(16-19)22-12-13-24(28-27-22)29-14-5-3-4-6-15-29/h7-13,16-17H,3-6,14-15H2,1-2H3,(H,26,30). The summed E-state index contributed by atoms with van der Waals surface area (Å²) in [6.07, 6.45) is 4.96. The summed E-state index contributed by atoms with van der Waals surface area (Å²) in [5, 5.41) is 11.8. The number of anilines is 2. The average molecular weight is 433 g/mol. The predicted octanol–water partition coefficient (Wildman–Crippen LogP) is 4.79. The molecule has 7 heteroatoms. The fourth-order valence-electron chi connectivity index (χ4n) is 3.89. The maximum absolute atomic E-state index is 12.8. The van der Waals surface area contributed by atoms with E-state index in [1.165, 1.54) is 32.8 Å². The van der Waals surface area contributed by atoms with E-state index in [9.17, 15) is 4.79 Å². The highest BCUT2D eigenvalue weighted by atomic mass is 16.5. The van der Waals surface area contributed by atoms with Gasteiger partial charge in [-0.25, -0.2) is 0 Å². The second kappa shape index (κ2) is 10.1. The lowest BCUT2D eigenvalue weighted by Crippen LogP contribution is -2.25. The molecular formula is C25H28N4O3. The van der Waals surface area contributed by atoms with Crippen LogP contribution >= 0.6 is 0 Å². The monoisotopic (exact) mass is 432 g/mol. The van der Waals surface area contributed by atoms with E-state index in [2.05, 4.69) is 20.4 Å². The van der Waals surface area contributed by atoms with E-state index in [1.807, 2.05) is 36.4 Å². The van der Waals surface area contributed by atoms with Crippen LogP contribution in [0.4, 0.5) is 11.5 Å². The molecule has 1 fully saturated rings. The number of carbonyl (C=O) groups excluding carboxylic acids is 1. The van der Waals surface area contributed by atoms with E-state index >= 15 is 0 Å². The first-order chi connectivity index (χ1) is 15.7. The number of ether oxygens (including phenoxy) is 2. The minimum atomic E-state index is -0.260. The van der Waals surface area contributed by atoms with Gasteiger partial charge in [0.25, 0.3) is 5.91 Å². The Hall–Kier alpha value is -3.61. The Morgan fingerprint density at radius 3 is 2.41 bits per heavy atom. The Bertz CT molecular complexity index is 1060. The van der Waals surface area contributed by atoms with Gasteiger partial charge in [-0.1, -0.05) is 25.0 Å². The van der Waals surface area contributed by atoms with Crippen LogP contribution in [0.5, 0.6) is 11.5 Å². The quantitative estimate of drug-likeness (QED) is 0.603. The molecule has 1 aromatic heterocycles. The van der Waals surface area contributed by atoms with Crippen molar-refractivity contribution in [2.75, 3.05) is 37.5 Å². The first kappa shape index (κ1) is 21.6. The Balaban J connectivity index is 1.49. The van der Waals surface area contributed by atoms with Gasteiger partial charge in [-0.3, -0.25) is 4.79 Å². The maximum Gasteiger partial charge on any atom is 0.259 e. The molecule has 1 saturated heterocycles. The lowest BCUT2D eigenvalue weighted by Gasteiger charge is -2.20. The molecule has 1 amide bonds. The van der Waals surface area contributed by atoms with E-state index in [4.69, 9.17) is 9.47 Å². The summed E-state index contributed by atoms with van der Waals surface area (Å²) < 4.78 is 10.5. The minimum absolute atomic E-state index is 0.260. The van der Waals surface area contributed by atoms with Crippen LogP contribution in [0.25, 0.3) is 11.3 Å². The Morgan fingerprint density at radius 2 is 1.72 bits per heavy atom. The van der Waals surface area contributed by atoms with Gasteiger partial charge in [0.2, 0.25) is 0 Å². The van der Waals surface area contributed by atoms with Crippen molar-refractivity contribution in [3.8, 4) is 22.8 Å². The summed E-state index contributed by atoms with van der Waals surface area (Å²) in [5.74, 6) is 1.74. The summed E-state index contributed by atoms with van der Waals surface area (Å²) >= 11 is 0. The molecular weight excluding hydrogens is 404 g/mol. The van der Waals surface area contributed by atoms with Gasteiger partial charge in [0, 0.05) is 30.4 Å². The third kappa shape index (κ3) is 4.99. The molecule has 32 heavy (non-hydrogen) atoms. The molecule has 0 saturated carbocycles. The van der Waals surface area contributed by atoms with Crippen LogP contribution in [0.3, 0.4) is 0 Å². The summed E-state index contributed by atoms with van der Waals surface area (Å²) in [6, 6.07) is 16.7. The van der Waals surface area contributed by atoms with Crippen molar-refractivity contribution < 1.29 is 14.3 Å². The number of hydrogen-bond donors (Lipinski definition) is 1. The van der Waals surface area contributed by atoms with E-state index in [1.54, 1.807) is 25.3 Å². The SMILES string of the molecule is COc1ccc(C(=O)Nc2cccc(-c3ccc(N4CCCCCC4)nn3)c2)c(OC)c1. The third-order valence-corrected chi connectivity index (χ3v) is 5.65. The zero-order chi connectivity index (χ0) is 22.3. The predicted molar refractivity (Wildman–Crippen MR) is 126 cm³/mol. The van der Waals surface area contributed by atoms with Gasteiger partial charge in [0.1, 0.15) is 11.5 Å². The number of rotatable bonds is 6. The molecule has 166 valence electrons. The van der Waals surface area contributed by atoms with Crippen molar-refractivity contribution in [3.63, 3.8) is 0 Å². The van der Waals surface area contributed by atoms with Crippen molar-refractivity contribution in [2.24, 2.45) is 0 Å². The number of hydrogen-bond acceptors (Lipinski definition) is 6. The maximum atomic E-state index is 12.8. The van der Waals surface area contributed by atoms with Gasteiger partial charge in [-0.15, -0.1) is 10.2 Å². The highest BCUT2D eigenvalue weighted by molar-refractivity contribution is 6.06. The molecule has 7 nitrogen and oxygen atoms in total. The van der Waals surface area contributed by atoms with Gasteiger partial charge >= 0.3 is 0 Å². The molecule has 0 atom stereocenters. The summed E-state index contributed by atoms with van der Waals surface area (Å²) in [5.41, 5.74) is 2.75. The van der Waals surface area contributed by atoms with Crippen molar-refractivity contribution in [2.45, 2.75) is 25.7 Å². The molecule has 3 aromatic rings. The summed E-state index contributed by atoms with van der Waals surface area (Å²) in [6.45, 7) is 2.06. The summed E-state index contributed by atoms with van der Waals surface area (Å²) in [7, 11) is 3.10. The van der Waals surface area contributed by atoms with Gasteiger partial charge in [0.05, 0.1) is 25.5 Å². The molecule has 0 radical (unpaired) electrons. The van der Waals surface area contributed by atoms with Crippen LogP contribution in [-0.2, 0) is 0 Å². The van der Waals surface area contributed by atoms with Crippen molar-refractivity contribution >= 4 is 17.4 Å². The lowest BCUT2D eigenvalue weighted by molar-refractivity contribution is 0.102. The van der Waals surface area contributed by atoms with E-state index < -0.39 is 0 Å². The van der Waals surface area contributed by atoms with E-state index in [0.717, 1.165) is 30.2 Å². The molecule has 0 aliphatic carbocycles. The Morgan fingerprint density at radius 1 is 0.906 bits per heavy atom. The number of methoxy groups -OCH3 is 2.